The van der Waals surface area contributed by atoms with E-state index in [-0.39, 0.29) is 31.1 Å². The lowest BCUT2D eigenvalue weighted by atomic mass is 10.0. The van der Waals surface area contributed by atoms with Crippen LogP contribution in [0.15, 0.2) is 36.5 Å². The van der Waals surface area contributed by atoms with Gasteiger partial charge in [-0.05, 0) is 77.0 Å². The van der Waals surface area contributed by atoms with Gasteiger partial charge in [0.2, 0.25) is 0 Å². The number of unbranched alkanes of at least 4 members (excludes halogenated alkanes) is 47. The first kappa shape index (κ1) is 74.6. The van der Waals surface area contributed by atoms with Gasteiger partial charge in [0.1, 0.15) is 13.2 Å². The highest BCUT2D eigenvalue weighted by Gasteiger charge is 2.19. The highest BCUT2D eigenvalue weighted by molar-refractivity contribution is 5.71. The molecule has 0 saturated heterocycles. The van der Waals surface area contributed by atoms with Gasteiger partial charge < -0.3 is 14.2 Å². The zero-order valence-corrected chi connectivity index (χ0v) is 52.0. The highest BCUT2D eigenvalue weighted by atomic mass is 16.6. The zero-order valence-electron chi connectivity index (χ0n) is 52.0. The number of ether oxygens (including phenoxy) is 3. The number of hydrogen-bond donors (Lipinski definition) is 0. The maximum atomic E-state index is 12.8. The first-order valence-electron chi connectivity index (χ1n) is 34.5. The molecule has 0 spiro atoms. The molecule has 1 unspecified atom stereocenters. The van der Waals surface area contributed by atoms with Crippen molar-refractivity contribution in [2.24, 2.45) is 0 Å². The predicted octanol–water partition coefficient (Wildman–Crippen LogP) is 23.6. The van der Waals surface area contributed by atoms with E-state index in [1.54, 1.807) is 0 Å². The second-order valence-electron chi connectivity index (χ2n) is 23.4. The molecular weight excluding hydrogens is 949 g/mol. The van der Waals surface area contributed by atoms with Crippen LogP contribution in [-0.2, 0) is 28.6 Å². The first-order chi connectivity index (χ1) is 38.0. The van der Waals surface area contributed by atoms with Crippen LogP contribution < -0.4 is 0 Å². The van der Waals surface area contributed by atoms with Gasteiger partial charge >= 0.3 is 17.9 Å². The molecule has 6 nitrogen and oxygen atoms in total. The van der Waals surface area contributed by atoms with Crippen LogP contribution in [0.4, 0.5) is 0 Å². The van der Waals surface area contributed by atoms with Gasteiger partial charge in [-0.2, -0.15) is 0 Å². The van der Waals surface area contributed by atoms with Gasteiger partial charge in [0.25, 0.3) is 0 Å². The zero-order chi connectivity index (χ0) is 55.7. The topological polar surface area (TPSA) is 78.9 Å². The standard InChI is InChI=1S/C71H132O6/c1-4-7-10-13-15-17-19-21-23-25-27-29-30-31-32-33-34-35-36-37-38-39-40-42-43-45-47-49-51-53-55-58-61-64-70(73)76-67-68(66-75-69(72)63-60-57-12-9-6-3)77-71(74)65-62-59-56-54-52-50-48-46-44-41-28-26-24-22-20-18-16-14-11-8-5-2/h20,22,25-28,68H,4-19,21,23-24,29-67H2,1-3H3/b22-20-,27-25-,28-26-. The van der Waals surface area contributed by atoms with Crippen LogP contribution in [0.25, 0.3) is 0 Å². The molecule has 0 aromatic rings. The summed E-state index contributed by atoms with van der Waals surface area (Å²) in [4.78, 5) is 38.0. The molecule has 0 aromatic carbocycles. The molecule has 0 aromatic heterocycles. The molecule has 0 heterocycles. The molecule has 0 aliphatic rings. The van der Waals surface area contributed by atoms with E-state index in [4.69, 9.17) is 14.2 Å². The van der Waals surface area contributed by atoms with Gasteiger partial charge in [0.15, 0.2) is 6.10 Å². The Morgan fingerprint density at radius 3 is 0.727 bits per heavy atom. The van der Waals surface area contributed by atoms with Gasteiger partial charge in [0, 0.05) is 19.3 Å². The van der Waals surface area contributed by atoms with E-state index < -0.39 is 6.10 Å². The molecule has 0 fully saturated rings. The molecule has 0 N–H and O–H groups in total. The lowest BCUT2D eigenvalue weighted by molar-refractivity contribution is -0.167. The van der Waals surface area contributed by atoms with Crippen molar-refractivity contribution in [1.29, 1.82) is 0 Å². The summed E-state index contributed by atoms with van der Waals surface area (Å²) in [7, 11) is 0. The van der Waals surface area contributed by atoms with Crippen molar-refractivity contribution in [2.75, 3.05) is 13.2 Å². The van der Waals surface area contributed by atoms with E-state index >= 15 is 0 Å². The summed E-state index contributed by atoms with van der Waals surface area (Å²) in [5.74, 6) is -0.866. The Kier molecular flexibility index (Phi) is 64.1. The monoisotopic (exact) mass is 1080 g/mol. The molecule has 0 amide bonds. The van der Waals surface area contributed by atoms with Crippen LogP contribution in [-0.4, -0.2) is 37.2 Å². The highest BCUT2D eigenvalue weighted by Crippen LogP contribution is 2.18. The molecular formula is C71H132O6. The minimum atomic E-state index is -0.769. The van der Waals surface area contributed by atoms with Crippen molar-refractivity contribution in [3.63, 3.8) is 0 Å². The molecule has 6 heteroatoms. The van der Waals surface area contributed by atoms with Crippen molar-refractivity contribution >= 4 is 17.9 Å². The van der Waals surface area contributed by atoms with E-state index in [1.807, 2.05) is 0 Å². The Labute approximate surface area is 480 Å². The average molecular weight is 1080 g/mol. The summed E-state index contributed by atoms with van der Waals surface area (Å²) in [6.45, 7) is 6.60. The maximum Gasteiger partial charge on any atom is 0.306 e. The molecule has 0 bridgehead atoms. The third-order valence-corrected chi connectivity index (χ3v) is 15.6. The molecule has 0 saturated carbocycles. The van der Waals surface area contributed by atoms with E-state index in [1.165, 1.54) is 270 Å². The normalized spacial score (nSPS) is 12.2. The van der Waals surface area contributed by atoms with Gasteiger partial charge in [-0.25, -0.2) is 0 Å². The molecule has 77 heavy (non-hydrogen) atoms. The average Bonchev–Trinajstić information content (AvgIpc) is 3.43. The Morgan fingerprint density at radius 1 is 0.260 bits per heavy atom. The van der Waals surface area contributed by atoms with Crippen molar-refractivity contribution in [1.82, 2.24) is 0 Å². The van der Waals surface area contributed by atoms with E-state index in [0.717, 1.165) is 70.6 Å². The SMILES string of the molecule is CCCCCCC/C=C\C/C=C\CCCCCCCCCCCC(=O)OC(COC(=O)CCCCCCC)COC(=O)CCCCCCCCCCCCCCCCCCCCCCC/C=C\CCCCCCCCCC. The van der Waals surface area contributed by atoms with Crippen molar-refractivity contribution in [3.05, 3.63) is 36.5 Å². The van der Waals surface area contributed by atoms with E-state index in [0.29, 0.717) is 19.3 Å². The largest absolute Gasteiger partial charge is 0.462 e. The predicted molar refractivity (Wildman–Crippen MR) is 335 cm³/mol. The number of rotatable bonds is 64. The second-order valence-corrected chi connectivity index (χ2v) is 23.4. The van der Waals surface area contributed by atoms with E-state index in [9.17, 15) is 14.4 Å². The van der Waals surface area contributed by atoms with Crippen LogP contribution in [0.5, 0.6) is 0 Å². The number of esters is 3. The fourth-order valence-corrected chi connectivity index (χ4v) is 10.4. The number of allylic oxidation sites excluding steroid dienone is 6. The summed E-state index contributed by atoms with van der Waals surface area (Å²) in [6.07, 6.45) is 82.4. The third-order valence-electron chi connectivity index (χ3n) is 15.6. The smallest absolute Gasteiger partial charge is 0.306 e. The number of carbonyl (C=O) groups is 3. The van der Waals surface area contributed by atoms with Crippen LogP contribution in [0.2, 0.25) is 0 Å². The van der Waals surface area contributed by atoms with Crippen LogP contribution >= 0.6 is 0 Å². The van der Waals surface area contributed by atoms with Crippen LogP contribution in [0.1, 0.15) is 380 Å². The second kappa shape index (κ2) is 66.1. The molecule has 452 valence electrons. The van der Waals surface area contributed by atoms with Crippen LogP contribution in [0.3, 0.4) is 0 Å². The lowest BCUT2D eigenvalue weighted by Crippen LogP contribution is -2.30. The molecule has 1 atom stereocenters. The fraction of sp³-hybridized carbons (Fsp3) is 0.873. The number of hydrogen-bond acceptors (Lipinski definition) is 6. The molecule has 0 radical (unpaired) electrons. The fourth-order valence-electron chi connectivity index (χ4n) is 10.4. The van der Waals surface area contributed by atoms with Gasteiger partial charge in [-0.1, -0.05) is 320 Å². The van der Waals surface area contributed by atoms with Crippen molar-refractivity contribution in [2.45, 2.75) is 386 Å². The third kappa shape index (κ3) is 64.3. The quantitative estimate of drug-likeness (QED) is 0.0261. The van der Waals surface area contributed by atoms with Crippen molar-refractivity contribution < 1.29 is 28.6 Å². The Morgan fingerprint density at radius 2 is 0.468 bits per heavy atom. The van der Waals surface area contributed by atoms with Crippen LogP contribution in [0, 0.1) is 0 Å². The summed E-state index contributed by atoms with van der Waals surface area (Å²) >= 11 is 0. The van der Waals surface area contributed by atoms with E-state index in [2.05, 4.69) is 57.2 Å². The summed E-state index contributed by atoms with van der Waals surface area (Å²) in [6, 6.07) is 0. The Hall–Kier alpha value is -2.37. The summed E-state index contributed by atoms with van der Waals surface area (Å²) in [5.41, 5.74) is 0. The molecule has 0 aliphatic carbocycles. The van der Waals surface area contributed by atoms with Gasteiger partial charge in [-0.15, -0.1) is 0 Å². The first-order valence-corrected chi connectivity index (χ1v) is 34.5. The van der Waals surface area contributed by atoms with Gasteiger partial charge in [0.05, 0.1) is 0 Å². The lowest BCUT2D eigenvalue weighted by Gasteiger charge is -2.18. The molecule has 0 rings (SSSR count). The Balaban J connectivity index is 3.90. The minimum Gasteiger partial charge on any atom is -0.462 e. The summed E-state index contributed by atoms with van der Waals surface area (Å²) in [5, 5.41) is 0. The minimum absolute atomic E-state index is 0.0698. The van der Waals surface area contributed by atoms with Gasteiger partial charge in [-0.3, -0.25) is 14.4 Å². The maximum absolute atomic E-state index is 12.8. The Bertz CT molecular complexity index is 1290. The molecule has 0 aliphatic heterocycles. The van der Waals surface area contributed by atoms with Crippen molar-refractivity contribution in [3.8, 4) is 0 Å². The number of carbonyl (C=O) groups excluding carboxylic acids is 3. The summed E-state index contributed by atoms with van der Waals surface area (Å²) < 4.78 is 16.8.